The third kappa shape index (κ3) is 17.4. The van der Waals surface area contributed by atoms with Crippen LogP contribution in [0.5, 0.6) is 11.5 Å². The fourth-order valence-electron chi connectivity index (χ4n) is 5.70. The number of hydrogen-bond acceptors (Lipinski definition) is 6. The highest BCUT2D eigenvalue weighted by Gasteiger charge is 2.22. The molecule has 0 bridgehead atoms. The lowest BCUT2D eigenvalue weighted by atomic mass is 9.88. The minimum Gasteiger partial charge on any atom is -0.494 e. The standard InChI is InChI=1S/C41H57NO6/c1-3-5-13-30-45-38-25-18-35(19-26-38)33-48-39-27-21-36(22-28-39)42-40(43)29-20-34-16-23-37(24-17-34)46-31-14-11-9-7-6-8-10-12-15-32-47-41(44)4-2/h4,16-17,21-24,27-28,35,38H,2-3,5-15,18-19,25-26,30-33H2,1H3,(H,42,43). The number of hydrogen-bond donors (Lipinski definition) is 1. The molecule has 1 amide bonds. The monoisotopic (exact) mass is 659 g/mol. The molecule has 1 N–H and O–H groups in total. The van der Waals surface area contributed by atoms with Gasteiger partial charge in [0.15, 0.2) is 0 Å². The van der Waals surface area contributed by atoms with Crippen LogP contribution in [0.2, 0.25) is 0 Å². The zero-order valence-electron chi connectivity index (χ0n) is 29.1. The van der Waals surface area contributed by atoms with Crippen LogP contribution in [-0.4, -0.2) is 44.4 Å². The molecule has 1 aliphatic rings. The summed E-state index contributed by atoms with van der Waals surface area (Å²) >= 11 is 0. The number of unbranched alkanes of at least 4 members (excludes halogenated alkanes) is 10. The zero-order valence-corrected chi connectivity index (χ0v) is 29.1. The molecule has 2 aromatic carbocycles. The third-order valence-corrected chi connectivity index (χ3v) is 8.64. The highest BCUT2D eigenvalue weighted by Crippen LogP contribution is 2.27. The highest BCUT2D eigenvalue weighted by molar-refractivity contribution is 6.04. The molecule has 3 rings (SSSR count). The topological polar surface area (TPSA) is 83.1 Å². The van der Waals surface area contributed by atoms with E-state index in [1.54, 1.807) is 0 Å². The van der Waals surface area contributed by atoms with Crippen LogP contribution in [0.3, 0.4) is 0 Å². The lowest BCUT2D eigenvalue weighted by molar-refractivity contribution is -0.137. The summed E-state index contributed by atoms with van der Waals surface area (Å²) in [7, 11) is 0. The Kier molecular flexibility index (Phi) is 19.7. The first-order valence-corrected chi connectivity index (χ1v) is 18.2. The Morgan fingerprint density at radius 2 is 1.33 bits per heavy atom. The first kappa shape index (κ1) is 38.7. The molecule has 0 radical (unpaired) electrons. The van der Waals surface area contributed by atoms with Crippen molar-refractivity contribution in [2.24, 2.45) is 5.92 Å². The van der Waals surface area contributed by atoms with Gasteiger partial charge in [-0.3, -0.25) is 4.79 Å². The van der Waals surface area contributed by atoms with E-state index in [1.807, 2.05) is 48.5 Å². The molecule has 0 aliphatic heterocycles. The summed E-state index contributed by atoms with van der Waals surface area (Å²) in [6, 6.07) is 15.0. The average molecular weight is 660 g/mol. The van der Waals surface area contributed by atoms with Crippen LogP contribution >= 0.6 is 0 Å². The number of nitrogens with one attached hydrogen (secondary N) is 1. The van der Waals surface area contributed by atoms with Crippen molar-refractivity contribution < 1.29 is 28.5 Å². The van der Waals surface area contributed by atoms with Crippen molar-refractivity contribution in [1.29, 1.82) is 0 Å². The second kappa shape index (κ2) is 24.4. The van der Waals surface area contributed by atoms with Gasteiger partial charge in [-0.05, 0) is 99.4 Å². The number of anilines is 1. The van der Waals surface area contributed by atoms with Gasteiger partial charge in [-0.15, -0.1) is 0 Å². The van der Waals surface area contributed by atoms with Crippen molar-refractivity contribution in [2.45, 2.75) is 116 Å². The van der Waals surface area contributed by atoms with Crippen molar-refractivity contribution in [3.8, 4) is 23.3 Å². The van der Waals surface area contributed by atoms with Crippen LogP contribution in [0.4, 0.5) is 5.69 Å². The molecule has 2 aromatic rings. The lowest BCUT2D eigenvalue weighted by Crippen LogP contribution is -2.25. The van der Waals surface area contributed by atoms with Crippen molar-refractivity contribution in [3.05, 3.63) is 66.7 Å². The summed E-state index contributed by atoms with van der Waals surface area (Å²) < 4.78 is 22.9. The van der Waals surface area contributed by atoms with E-state index in [0.29, 0.717) is 37.5 Å². The fourth-order valence-corrected chi connectivity index (χ4v) is 5.70. The summed E-state index contributed by atoms with van der Waals surface area (Å²) in [5.74, 6) is 7.08. The molecule has 0 heterocycles. The van der Waals surface area contributed by atoms with Gasteiger partial charge in [0.1, 0.15) is 11.5 Å². The summed E-state index contributed by atoms with van der Waals surface area (Å²) in [4.78, 5) is 23.4. The molecule has 0 aromatic heterocycles. The van der Waals surface area contributed by atoms with Gasteiger partial charge in [0, 0.05) is 29.9 Å². The van der Waals surface area contributed by atoms with Crippen LogP contribution < -0.4 is 14.8 Å². The summed E-state index contributed by atoms with van der Waals surface area (Å²) in [5, 5.41) is 2.83. The Morgan fingerprint density at radius 1 is 0.750 bits per heavy atom. The first-order valence-electron chi connectivity index (χ1n) is 18.2. The van der Waals surface area contributed by atoms with E-state index in [0.717, 1.165) is 75.0 Å². The quantitative estimate of drug-likeness (QED) is 0.0554. The molecule has 1 saturated carbocycles. The van der Waals surface area contributed by atoms with E-state index < -0.39 is 0 Å². The molecule has 0 spiro atoms. The van der Waals surface area contributed by atoms with E-state index >= 15 is 0 Å². The molecule has 1 fully saturated rings. The van der Waals surface area contributed by atoms with Crippen LogP contribution in [0.25, 0.3) is 0 Å². The van der Waals surface area contributed by atoms with Crippen molar-refractivity contribution >= 4 is 17.6 Å². The number of amides is 1. The molecular weight excluding hydrogens is 602 g/mol. The fraction of sp³-hybridized carbons (Fsp3) is 0.561. The van der Waals surface area contributed by atoms with Crippen molar-refractivity contribution in [2.75, 3.05) is 31.7 Å². The smallest absolute Gasteiger partial charge is 0.330 e. The maximum atomic E-state index is 12.4. The molecule has 48 heavy (non-hydrogen) atoms. The minimum atomic E-state index is -0.357. The minimum absolute atomic E-state index is 0.339. The molecule has 262 valence electrons. The predicted molar refractivity (Wildman–Crippen MR) is 193 cm³/mol. The van der Waals surface area contributed by atoms with Gasteiger partial charge in [-0.1, -0.05) is 77.2 Å². The van der Waals surface area contributed by atoms with Crippen molar-refractivity contribution in [1.82, 2.24) is 0 Å². The molecule has 0 saturated heterocycles. The normalized spacial score (nSPS) is 15.5. The Morgan fingerprint density at radius 3 is 1.98 bits per heavy atom. The molecule has 0 atom stereocenters. The number of esters is 1. The second-order valence-electron chi connectivity index (χ2n) is 12.7. The third-order valence-electron chi connectivity index (χ3n) is 8.64. The van der Waals surface area contributed by atoms with Crippen LogP contribution in [-0.2, 0) is 19.1 Å². The summed E-state index contributed by atoms with van der Waals surface area (Å²) in [5.41, 5.74) is 1.45. The molecular formula is C41H57NO6. The second-order valence-corrected chi connectivity index (χ2v) is 12.7. The SMILES string of the molecule is C=CC(=O)OCCCCCCCCCCCOc1ccc(C#CC(=O)Nc2ccc(OCC3CCC(OCCCCC)CC3)cc2)cc1. The average Bonchev–Trinajstić information content (AvgIpc) is 3.11. The van der Waals surface area contributed by atoms with E-state index in [9.17, 15) is 9.59 Å². The van der Waals surface area contributed by atoms with Crippen LogP contribution in [0.15, 0.2) is 61.2 Å². The highest BCUT2D eigenvalue weighted by atomic mass is 16.5. The molecule has 7 heteroatoms. The Bertz CT molecular complexity index is 1240. The van der Waals surface area contributed by atoms with Crippen molar-refractivity contribution in [3.63, 3.8) is 0 Å². The predicted octanol–water partition coefficient (Wildman–Crippen LogP) is 9.44. The number of ether oxygens (including phenoxy) is 4. The van der Waals surface area contributed by atoms with E-state index in [2.05, 4.69) is 30.7 Å². The summed E-state index contributed by atoms with van der Waals surface area (Å²) in [6.45, 7) is 8.40. The number of rotatable bonds is 23. The summed E-state index contributed by atoms with van der Waals surface area (Å²) in [6.07, 6.45) is 20.1. The largest absolute Gasteiger partial charge is 0.494 e. The molecule has 7 nitrogen and oxygen atoms in total. The van der Waals surface area contributed by atoms with Gasteiger partial charge in [-0.25, -0.2) is 4.79 Å². The first-order chi connectivity index (χ1) is 23.6. The van der Waals surface area contributed by atoms with E-state index in [-0.39, 0.29) is 11.9 Å². The maximum Gasteiger partial charge on any atom is 0.330 e. The Labute approximate surface area is 289 Å². The van der Waals surface area contributed by atoms with Gasteiger partial charge in [0.25, 0.3) is 0 Å². The zero-order chi connectivity index (χ0) is 34.1. The molecule has 0 unspecified atom stereocenters. The van der Waals surface area contributed by atoms with Crippen LogP contribution in [0, 0.1) is 17.8 Å². The Hall–Kier alpha value is -3.76. The van der Waals surface area contributed by atoms with Gasteiger partial charge < -0.3 is 24.3 Å². The number of carbonyl (C=O) groups excluding carboxylic acids is 2. The molecule has 1 aliphatic carbocycles. The number of carbonyl (C=O) groups is 2. The van der Waals surface area contributed by atoms with Gasteiger partial charge in [0.05, 0.1) is 25.9 Å². The maximum absolute atomic E-state index is 12.4. The van der Waals surface area contributed by atoms with E-state index in [4.69, 9.17) is 18.9 Å². The van der Waals surface area contributed by atoms with Gasteiger partial charge in [-0.2, -0.15) is 0 Å². The van der Waals surface area contributed by atoms with Gasteiger partial charge >= 0.3 is 11.9 Å². The Balaban J connectivity index is 1.21. The van der Waals surface area contributed by atoms with E-state index in [1.165, 1.54) is 57.4 Å². The van der Waals surface area contributed by atoms with Gasteiger partial charge in [0.2, 0.25) is 0 Å². The number of benzene rings is 2. The van der Waals surface area contributed by atoms with Crippen LogP contribution in [0.1, 0.15) is 115 Å². The lowest BCUT2D eigenvalue weighted by Gasteiger charge is -2.28.